The van der Waals surface area contributed by atoms with Crippen LogP contribution in [-0.2, 0) is 0 Å². The van der Waals surface area contributed by atoms with E-state index < -0.39 is 0 Å². The van der Waals surface area contributed by atoms with Gasteiger partial charge in [0.1, 0.15) is 18.1 Å². The summed E-state index contributed by atoms with van der Waals surface area (Å²) in [5.74, 6) is 1.42. The van der Waals surface area contributed by atoms with Gasteiger partial charge < -0.3 is 4.74 Å². The molecule has 0 bridgehead atoms. The number of benzene rings is 1. The summed E-state index contributed by atoms with van der Waals surface area (Å²) in [7, 11) is 0. The largest absolute Gasteiger partial charge is 0.491 e. The van der Waals surface area contributed by atoms with Gasteiger partial charge in [0.2, 0.25) is 0 Å². The summed E-state index contributed by atoms with van der Waals surface area (Å²) in [5, 5.41) is 8.87. The van der Waals surface area contributed by atoms with Gasteiger partial charge in [-0.1, -0.05) is 23.9 Å². The molecule has 0 aliphatic heterocycles. The highest BCUT2D eigenvalue weighted by atomic mass is 32.2. The molecule has 0 fully saturated rings. The highest BCUT2D eigenvalue weighted by Crippen LogP contribution is 2.20. The number of ether oxygens (including phenoxy) is 1. The van der Waals surface area contributed by atoms with Crippen LogP contribution in [0, 0.1) is 11.3 Å². The number of nitriles is 1. The molecule has 0 saturated carbocycles. The van der Waals surface area contributed by atoms with Crippen molar-refractivity contribution in [2.75, 3.05) is 12.4 Å². The molecule has 17 heavy (non-hydrogen) atoms. The Morgan fingerprint density at radius 2 is 2.29 bits per heavy atom. The summed E-state index contributed by atoms with van der Waals surface area (Å²) in [5.41, 5.74) is 0.563. The lowest BCUT2D eigenvalue weighted by molar-refractivity contribution is 0.343. The smallest absolute Gasteiger partial charge is 0.169 e. The molecule has 0 saturated heterocycles. The standard InChI is InChI=1S/C11H9N3OS2/c12-7-9-3-1-2-4-10(9)15-5-6-16-11-13-8-14-17-11/h1-4,8H,5-6H2. The molecule has 86 valence electrons. The zero-order valence-electron chi connectivity index (χ0n) is 8.87. The predicted molar refractivity (Wildman–Crippen MR) is 67.3 cm³/mol. The molecule has 4 nitrogen and oxygen atoms in total. The fourth-order valence-electron chi connectivity index (χ4n) is 1.19. The highest BCUT2D eigenvalue weighted by molar-refractivity contribution is 8.00. The fourth-order valence-corrected chi connectivity index (χ4v) is 2.52. The van der Waals surface area contributed by atoms with Crippen molar-refractivity contribution in [3.05, 3.63) is 36.2 Å². The molecule has 0 radical (unpaired) electrons. The fraction of sp³-hybridized carbons (Fsp3) is 0.182. The van der Waals surface area contributed by atoms with E-state index in [1.807, 2.05) is 12.1 Å². The van der Waals surface area contributed by atoms with Crippen LogP contribution in [0.5, 0.6) is 5.75 Å². The quantitative estimate of drug-likeness (QED) is 0.613. The molecule has 0 aliphatic carbocycles. The third-order valence-corrected chi connectivity index (χ3v) is 3.68. The number of para-hydroxylation sites is 1. The average Bonchev–Trinajstić information content (AvgIpc) is 2.88. The van der Waals surface area contributed by atoms with Crippen LogP contribution in [0.1, 0.15) is 5.56 Å². The maximum Gasteiger partial charge on any atom is 0.169 e. The molecule has 0 aliphatic rings. The van der Waals surface area contributed by atoms with Gasteiger partial charge in [-0.2, -0.15) is 9.64 Å². The van der Waals surface area contributed by atoms with Gasteiger partial charge in [-0.05, 0) is 23.7 Å². The molecule has 1 aromatic heterocycles. The zero-order chi connectivity index (χ0) is 11.9. The maximum absolute atomic E-state index is 8.87. The number of thioether (sulfide) groups is 1. The summed E-state index contributed by atoms with van der Waals surface area (Å²) < 4.78 is 10.4. The predicted octanol–water partition coefficient (Wildman–Crippen LogP) is 2.58. The first-order valence-corrected chi connectivity index (χ1v) is 6.67. The SMILES string of the molecule is N#Cc1ccccc1OCCSc1ncns1. The van der Waals surface area contributed by atoms with Crippen molar-refractivity contribution in [2.24, 2.45) is 0 Å². The second-order valence-electron chi connectivity index (χ2n) is 3.01. The van der Waals surface area contributed by atoms with Crippen molar-refractivity contribution in [3.63, 3.8) is 0 Å². The van der Waals surface area contributed by atoms with Crippen molar-refractivity contribution >= 4 is 23.3 Å². The first-order chi connectivity index (χ1) is 8.40. The van der Waals surface area contributed by atoms with Gasteiger partial charge in [0.15, 0.2) is 4.34 Å². The molecule has 2 rings (SSSR count). The lowest BCUT2D eigenvalue weighted by atomic mass is 10.2. The van der Waals surface area contributed by atoms with E-state index in [-0.39, 0.29) is 0 Å². The minimum Gasteiger partial charge on any atom is -0.491 e. The lowest BCUT2D eigenvalue weighted by Crippen LogP contribution is -2.01. The van der Waals surface area contributed by atoms with E-state index >= 15 is 0 Å². The molecule has 2 aromatic rings. The molecule has 0 spiro atoms. The number of hydrogen-bond acceptors (Lipinski definition) is 6. The number of rotatable bonds is 5. The van der Waals surface area contributed by atoms with Crippen LogP contribution in [0.15, 0.2) is 34.9 Å². The minimum atomic E-state index is 0.545. The molecule has 1 aromatic carbocycles. The number of nitrogens with zero attached hydrogens (tertiary/aromatic N) is 3. The van der Waals surface area contributed by atoms with E-state index in [1.54, 1.807) is 30.2 Å². The first-order valence-electron chi connectivity index (χ1n) is 4.91. The van der Waals surface area contributed by atoms with Crippen LogP contribution in [0.2, 0.25) is 0 Å². The Bertz CT molecular complexity index is 508. The zero-order valence-corrected chi connectivity index (χ0v) is 10.5. The van der Waals surface area contributed by atoms with Gasteiger partial charge in [0, 0.05) is 5.75 Å². The molecule has 1 heterocycles. The minimum absolute atomic E-state index is 0.545. The van der Waals surface area contributed by atoms with Crippen molar-refractivity contribution in [2.45, 2.75) is 4.34 Å². The van der Waals surface area contributed by atoms with Crippen LogP contribution in [-0.4, -0.2) is 21.7 Å². The Hall–Kier alpha value is -1.58. The Labute approximate surface area is 107 Å². The van der Waals surface area contributed by atoms with Crippen molar-refractivity contribution in [3.8, 4) is 11.8 Å². The molecule has 0 atom stereocenters. The molecular formula is C11H9N3OS2. The van der Waals surface area contributed by atoms with Crippen LogP contribution < -0.4 is 4.74 Å². The molecule has 0 N–H and O–H groups in total. The first kappa shape index (κ1) is 11.9. The molecule has 0 amide bonds. The second-order valence-corrected chi connectivity index (χ2v) is 5.13. The third-order valence-electron chi connectivity index (χ3n) is 1.92. The number of aromatic nitrogens is 2. The molecular weight excluding hydrogens is 254 g/mol. The summed E-state index contributed by atoms with van der Waals surface area (Å²) >= 11 is 2.97. The Balaban J connectivity index is 1.80. The van der Waals surface area contributed by atoms with Gasteiger partial charge in [-0.25, -0.2) is 4.98 Å². The summed E-state index contributed by atoms with van der Waals surface area (Å²) in [6.07, 6.45) is 1.54. The van der Waals surface area contributed by atoms with E-state index in [0.29, 0.717) is 17.9 Å². The van der Waals surface area contributed by atoms with Crippen LogP contribution in [0.4, 0.5) is 0 Å². The van der Waals surface area contributed by atoms with Gasteiger partial charge in [0.25, 0.3) is 0 Å². The van der Waals surface area contributed by atoms with Gasteiger partial charge in [0.05, 0.1) is 12.2 Å². The maximum atomic E-state index is 8.87. The topological polar surface area (TPSA) is 58.8 Å². The third kappa shape index (κ3) is 3.44. The summed E-state index contributed by atoms with van der Waals surface area (Å²) in [4.78, 5) is 4.06. The van der Waals surface area contributed by atoms with Crippen LogP contribution in [0.25, 0.3) is 0 Å². The van der Waals surface area contributed by atoms with Crippen LogP contribution in [0.3, 0.4) is 0 Å². The lowest BCUT2D eigenvalue weighted by Gasteiger charge is -2.06. The van der Waals surface area contributed by atoms with Crippen molar-refractivity contribution < 1.29 is 4.74 Å². The molecule has 0 unspecified atom stereocenters. The second kappa shape index (κ2) is 6.23. The average molecular weight is 263 g/mol. The summed E-state index contributed by atoms with van der Waals surface area (Å²) in [6, 6.07) is 9.32. The van der Waals surface area contributed by atoms with E-state index in [2.05, 4.69) is 15.4 Å². The van der Waals surface area contributed by atoms with Gasteiger partial charge in [-0.15, -0.1) is 0 Å². The van der Waals surface area contributed by atoms with Crippen LogP contribution >= 0.6 is 23.3 Å². The summed E-state index contributed by atoms with van der Waals surface area (Å²) in [6.45, 7) is 0.545. The monoisotopic (exact) mass is 263 g/mol. The van der Waals surface area contributed by atoms with Gasteiger partial charge in [-0.3, -0.25) is 0 Å². The Morgan fingerprint density at radius 3 is 3.06 bits per heavy atom. The van der Waals surface area contributed by atoms with E-state index in [0.717, 1.165) is 10.1 Å². The van der Waals surface area contributed by atoms with Gasteiger partial charge >= 0.3 is 0 Å². The Kier molecular flexibility index (Phi) is 4.36. The number of hydrogen-bond donors (Lipinski definition) is 0. The molecule has 6 heteroatoms. The van der Waals surface area contributed by atoms with E-state index in [4.69, 9.17) is 10.00 Å². The van der Waals surface area contributed by atoms with Crippen molar-refractivity contribution in [1.82, 2.24) is 9.36 Å². The highest BCUT2D eigenvalue weighted by Gasteiger charge is 2.02. The van der Waals surface area contributed by atoms with E-state index in [1.165, 1.54) is 11.5 Å². The van der Waals surface area contributed by atoms with E-state index in [9.17, 15) is 0 Å². The Morgan fingerprint density at radius 1 is 1.41 bits per heavy atom. The normalized spacial score (nSPS) is 9.82. The van der Waals surface area contributed by atoms with Crippen molar-refractivity contribution in [1.29, 1.82) is 5.26 Å².